The van der Waals surface area contributed by atoms with E-state index in [0.29, 0.717) is 19.3 Å². The van der Waals surface area contributed by atoms with Crippen LogP contribution >= 0.6 is 0 Å². The van der Waals surface area contributed by atoms with E-state index in [1.165, 1.54) is 10.0 Å². The van der Waals surface area contributed by atoms with Gasteiger partial charge in [-0.15, -0.1) is 19.7 Å². The molecule has 0 saturated heterocycles. The average molecular weight is 593 g/mol. The molecule has 2 atom stereocenters. The van der Waals surface area contributed by atoms with Crippen LogP contribution in [0.1, 0.15) is 51.2 Å². The number of carbonyl (C=O) groups excluding carboxylic acids is 2. The minimum absolute atomic E-state index is 0.0273. The third-order valence-electron chi connectivity index (χ3n) is 7.43. The van der Waals surface area contributed by atoms with Gasteiger partial charge in [-0.3, -0.25) is 0 Å². The molecular weight excluding hydrogens is 544 g/mol. The summed E-state index contributed by atoms with van der Waals surface area (Å²) in [5, 5.41) is 2.55. The summed E-state index contributed by atoms with van der Waals surface area (Å²) in [6.45, 7) is 22.7. The lowest BCUT2D eigenvalue weighted by Crippen LogP contribution is -2.60. The lowest BCUT2D eigenvalue weighted by molar-refractivity contribution is -0.0710. The number of hydrazine groups is 1. The van der Waals surface area contributed by atoms with Crippen LogP contribution in [-0.4, -0.2) is 49.2 Å². The van der Waals surface area contributed by atoms with Crippen LogP contribution in [0.5, 0.6) is 0 Å². The summed E-state index contributed by atoms with van der Waals surface area (Å²) in [6.07, 6.45) is 4.85. The number of rotatable bonds is 15. The number of hydrogen-bond donors (Lipinski definition) is 0. The zero-order valence-corrected chi connectivity index (χ0v) is 27.0. The first-order chi connectivity index (χ1) is 19.9. The zero-order valence-electron chi connectivity index (χ0n) is 26.0. The number of nitrogens with zero attached hydrogens (tertiary/aromatic N) is 2. The van der Waals surface area contributed by atoms with Gasteiger partial charge in [0.25, 0.3) is 0 Å². The molecule has 2 rings (SSSR count). The molecule has 0 aliphatic heterocycles. The molecular formula is C34H48N2O5Si. The molecule has 0 saturated carbocycles. The highest BCUT2D eigenvalue weighted by atomic mass is 28.4. The molecule has 0 heterocycles. The molecule has 0 aromatic heterocycles. The Labute approximate surface area is 253 Å². The monoisotopic (exact) mass is 592 g/mol. The smallest absolute Gasteiger partial charge is 0.429 e. The fourth-order valence-electron chi connectivity index (χ4n) is 4.12. The summed E-state index contributed by atoms with van der Waals surface area (Å²) in [5.41, 5.74) is 1.66. The molecule has 0 spiro atoms. The van der Waals surface area contributed by atoms with Crippen molar-refractivity contribution in [3.8, 4) is 0 Å². The highest BCUT2D eigenvalue weighted by Crippen LogP contribution is 2.39. The lowest BCUT2D eigenvalue weighted by Gasteiger charge is -2.45. The van der Waals surface area contributed by atoms with E-state index in [-0.39, 0.29) is 24.8 Å². The van der Waals surface area contributed by atoms with Crippen LogP contribution in [0.3, 0.4) is 0 Å². The number of benzene rings is 2. The fourth-order valence-corrected chi connectivity index (χ4v) is 5.49. The van der Waals surface area contributed by atoms with Gasteiger partial charge in [-0.1, -0.05) is 99.7 Å². The van der Waals surface area contributed by atoms with Gasteiger partial charge >= 0.3 is 12.2 Å². The number of allylic oxidation sites excluding steroid dienone is 1. The van der Waals surface area contributed by atoms with E-state index in [1.807, 2.05) is 60.7 Å². The first-order valence-corrected chi connectivity index (χ1v) is 17.3. The Hall–Kier alpha value is -3.62. The maximum absolute atomic E-state index is 14.0. The minimum atomic E-state index is -2.31. The summed E-state index contributed by atoms with van der Waals surface area (Å²) in [5.74, 6) is 0. The highest BCUT2D eigenvalue weighted by Gasteiger charge is 2.44. The molecule has 2 aromatic carbocycles. The second-order valence-electron chi connectivity index (χ2n) is 11.7. The third kappa shape index (κ3) is 10.3. The Morgan fingerprint density at radius 3 is 1.81 bits per heavy atom. The fraction of sp³-hybridized carbons (Fsp3) is 0.412. The molecule has 42 heavy (non-hydrogen) atoms. The molecule has 8 heteroatoms. The van der Waals surface area contributed by atoms with E-state index in [4.69, 9.17) is 13.9 Å². The predicted octanol–water partition coefficient (Wildman–Crippen LogP) is 8.67. The highest BCUT2D eigenvalue weighted by molar-refractivity contribution is 6.74. The van der Waals surface area contributed by atoms with Crippen molar-refractivity contribution in [1.82, 2.24) is 10.0 Å². The SMILES string of the molecule is C=CCC[C@H]([C@H](CC=C)O[Si](C)(C)C(C)(C)C)N(C(=O)OCc1ccccc1)N(CC=C)C(=O)OCc1ccccc1. The van der Waals surface area contributed by atoms with Crippen molar-refractivity contribution < 1.29 is 23.5 Å². The van der Waals surface area contributed by atoms with Crippen molar-refractivity contribution in [2.75, 3.05) is 6.54 Å². The maximum atomic E-state index is 14.0. The quantitative estimate of drug-likeness (QED) is 0.118. The van der Waals surface area contributed by atoms with Crippen molar-refractivity contribution in [2.24, 2.45) is 0 Å². The van der Waals surface area contributed by atoms with Crippen molar-refractivity contribution in [3.63, 3.8) is 0 Å². The summed E-state index contributed by atoms with van der Waals surface area (Å²) in [7, 11) is -2.31. The van der Waals surface area contributed by atoms with Crippen LogP contribution in [0.25, 0.3) is 0 Å². The van der Waals surface area contributed by atoms with Crippen LogP contribution in [0.4, 0.5) is 9.59 Å². The second kappa shape index (κ2) is 16.7. The molecule has 0 unspecified atom stereocenters. The van der Waals surface area contributed by atoms with Crippen LogP contribution in [0, 0.1) is 0 Å². The minimum Gasteiger partial charge on any atom is -0.443 e. The third-order valence-corrected chi connectivity index (χ3v) is 11.9. The Balaban J connectivity index is 2.55. The van der Waals surface area contributed by atoms with E-state index in [1.54, 1.807) is 18.2 Å². The van der Waals surface area contributed by atoms with E-state index in [0.717, 1.165) is 11.1 Å². The summed E-state index contributed by atoms with van der Waals surface area (Å²) in [4.78, 5) is 27.7. The molecule has 0 aliphatic carbocycles. The van der Waals surface area contributed by atoms with Gasteiger partial charge in [0, 0.05) is 0 Å². The topological polar surface area (TPSA) is 68.3 Å². The van der Waals surface area contributed by atoms with Crippen molar-refractivity contribution in [2.45, 2.75) is 83.5 Å². The van der Waals surface area contributed by atoms with Gasteiger partial charge in [0.15, 0.2) is 8.32 Å². The Morgan fingerprint density at radius 1 is 0.833 bits per heavy atom. The van der Waals surface area contributed by atoms with E-state index in [9.17, 15) is 9.59 Å². The lowest BCUT2D eigenvalue weighted by atomic mass is 10.0. The van der Waals surface area contributed by atoms with Gasteiger partial charge in [0.05, 0.1) is 18.7 Å². The van der Waals surface area contributed by atoms with Gasteiger partial charge in [-0.05, 0) is 48.5 Å². The number of hydrogen-bond acceptors (Lipinski definition) is 5. The average Bonchev–Trinajstić information content (AvgIpc) is 2.96. The number of ether oxygens (including phenoxy) is 2. The van der Waals surface area contributed by atoms with Crippen molar-refractivity contribution >= 4 is 20.5 Å². The Bertz CT molecular complexity index is 1150. The first-order valence-electron chi connectivity index (χ1n) is 14.4. The van der Waals surface area contributed by atoms with Gasteiger partial charge < -0.3 is 13.9 Å². The molecule has 228 valence electrons. The number of amides is 2. The summed E-state index contributed by atoms with van der Waals surface area (Å²) in [6, 6.07) is 18.2. The molecule has 0 bridgehead atoms. The van der Waals surface area contributed by atoms with E-state index >= 15 is 0 Å². The van der Waals surface area contributed by atoms with Crippen molar-refractivity contribution in [1.29, 1.82) is 0 Å². The Morgan fingerprint density at radius 2 is 1.36 bits per heavy atom. The van der Waals surface area contributed by atoms with E-state index < -0.39 is 32.6 Å². The van der Waals surface area contributed by atoms with Crippen molar-refractivity contribution in [3.05, 3.63) is 110 Å². The largest absolute Gasteiger partial charge is 0.443 e. The second-order valence-corrected chi connectivity index (χ2v) is 16.4. The molecule has 0 aliphatic rings. The maximum Gasteiger partial charge on any atom is 0.429 e. The first kappa shape index (κ1) is 34.6. The molecule has 2 amide bonds. The molecule has 0 fully saturated rings. The molecule has 7 nitrogen and oxygen atoms in total. The Kier molecular flexibility index (Phi) is 13.8. The van der Waals surface area contributed by atoms with Crippen LogP contribution < -0.4 is 0 Å². The number of carbonyl (C=O) groups is 2. The molecule has 0 radical (unpaired) electrons. The van der Waals surface area contributed by atoms with Crippen LogP contribution in [0.2, 0.25) is 18.1 Å². The van der Waals surface area contributed by atoms with Gasteiger partial charge in [0.2, 0.25) is 0 Å². The van der Waals surface area contributed by atoms with Gasteiger partial charge in [-0.25, -0.2) is 19.6 Å². The summed E-state index contributed by atoms with van der Waals surface area (Å²) < 4.78 is 18.4. The standard InChI is InChI=1S/C34H48N2O5Si/c1-9-12-24-30(31(19-10-2)41-42(7,8)34(4,5)6)36(33(38)40-27-29-22-17-14-18-23-29)35(25-11-3)32(37)39-26-28-20-15-13-16-21-28/h9-11,13-18,20-23,30-31H,1-3,12,19,24-27H2,4-8H3/t30-,31+/m1/s1. The molecule has 2 aromatic rings. The van der Waals surface area contributed by atoms with Crippen LogP contribution in [0.15, 0.2) is 98.6 Å². The summed E-state index contributed by atoms with van der Waals surface area (Å²) >= 11 is 0. The van der Waals surface area contributed by atoms with Crippen LogP contribution in [-0.2, 0) is 27.1 Å². The van der Waals surface area contributed by atoms with E-state index in [2.05, 4.69) is 53.6 Å². The van der Waals surface area contributed by atoms with Gasteiger partial charge in [-0.2, -0.15) is 0 Å². The predicted molar refractivity (Wildman–Crippen MR) is 172 cm³/mol. The normalized spacial score (nSPS) is 12.9. The van der Waals surface area contributed by atoms with Gasteiger partial charge in [0.1, 0.15) is 13.2 Å². The molecule has 0 N–H and O–H groups in total. The zero-order chi connectivity index (χ0) is 31.2.